The molecule has 122 valence electrons. The fourth-order valence-electron chi connectivity index (χ4n) is 3.02. The van der Waals surface area contributed by atoms with Crippen LogP contribution in [-0.4, -0.2) is 24.8 Å². The summed E-state index contributed by atoms with van der Waals surface area (Å²) in [5.74, 6) is 0.647. The number of nitrogens with two attached hydrogens (primary N) is 1. The van der Waals surface area contributed by atoms with Gasteiger partial charge in [-0.25, -0.2) is 0 Å². The molecule has 0 saturated carbocycles. The first-order valence-electron chi connectivity index (χ1n) is 7.55. The van der Waals surface area contributed by atoms with Crippen molar-refractivity contribution in [2.75, 3.05) is 5.73 Å². The molecule has 3 aromatic heterocycles. The Morgan fingerprint density at radius 3 is 2.76 bits per heavy atom. The van der Waals surface area contributed by atoms with Crippen LogP contribution < -0.4 is 5.73 Å². The number of halogens is 1. The lowest BCUT2D eigenvalue weighted by atomic mass is 10.0. The maximum absolute atomic E-state index is 5.83. The van der Waals surface area contributed by atoms with Gasteiger partial charge in [-0.2, -0.15) is 4.52 Å². The van der Waals surface area contributed by atoms with Crippen LogP contribution in [0.4, 0.5) is 5.13 Å². The fourth-order valence-corrected chi connectivity index (χ4v) is 3.99. The molecule has 0 radical (unpaired) electrons. The summed E-state index contributed by atoms with van der Waals surface area (Å²) in [4.78, 5) is 4.15. The van der Waals surface area contributed by atoms with Gasteiger partial charge in [0.2, 0.25) is 15.9 Å². The van der Waals surface area contributed by atoms with Crippen molar-refractivity contribution in [3.63, 3.8) is 0 Å². The number of nitrogens with one attached hydrogen (secondary N) is 1. The van der Waals surface area contributed by atoms with E-state index in [0.717, 1.165) is 32.2 Å². The molecule has 0 atom stereocenters. The van der Waals surface area contributed by atoms with Crippen LogP contribution in [0.5, 0.6) is 0 Å². The number of nitrogens with zero attached hydrogens (tertiary/aromatic N) is 4. The molecule has 0 unspecified atom stereocenters. The molecule has 8 heteroatoms. The molecule has 6 nitrogen and oxygen atoms in total. The number of aromatic amines is 1. The molecular weight excluding hydrogens is 400 g/mol. The molecule has 3 heterocycles. The van der Waals surface area contributed by atoms with Crippen LogP contribution in [-0.2, 0) is 0 Å². The zero-order valence-electron chi connectivity index (χ0n) is 12.8. The summed E-state index contributed by atoms with van der Waals surface area (Å²) in [7, 11) is 0. The SMILES string of the molecule is Nc1nn2c(-c3[nH]c4ccc(Br)cc4c3-c3ccccc3)nnc2s1. The van der Waals surface area contributed by atoms with Gasteiger partial charge in [-0.3, -0.25) is 0 Å². The Hall–Kier alpha value is -2.71. The Labute approximate surface area is 154 Å². The first-order valence-corrected chi connectivity index (χ1v) is 9.16. The van der Waals surface area contributed by atoms with Gasteiger partial charge in [0.25, 0.3) is 0 Å². The molecular formula is C17H11BrN6S. The van der Waals surface area contributed by atoms with E-state index in [4.69, 9.17) is 5.73 Å². The number of fused-ring (bicyclic) bond motifs is 2. The summed E-state index contributed by atoms with van der Waals surface area (Å²) in [6.45, 7) is 0. The Kier molecular flexibility index (Phi) is 3.16. The van der Waals surface area contributed by atoms with Crippen molar-refractivity contribution in [2.24, 2.45) is 0 Å². The number of aromatic nitrogens is 5. The van der Waals surface area contributed by atoms with E-state index in [0.29, 0.717) is 15.9 Å². The van der Waals surface area contributed by atoms with E-state index in [-0.39, 0.29) is 0 Å². The topological polar surface area (TPSA) is 84.9 Å². The molecule has 5 aromatic rings. The zero-order chi connectivity index (χ0) is 17.0. The van der Waals surface area contributed by atoms with Crippen molar-refractivity contribution in [1.82, 2.24) is 24.8 Å². The summed E-state index contributed by atoms with van der Waals surface area (Å²) in [6.07, 6.45) is 0. The molecule has 3 N–H and O–H groups in total. The monoisotopic (exact) mass is 410 g/mol. The highest BCUT2D eigenvalue weighted by Crippen LogP contribution is 2.39. The van der Waals surface area contributed by atoms with Crippen LogP contribution in [0.3, 0.4) is 0 Å². The van der Waals surface area contributed by atoms with Crippen LogP contribution in [0.2, 0.25) is 0 Å². The highest BCUT2D eigenvalue weighted by atomic mass is 79.9. The molecule has 0 aliphatic carbocycles. The van der Waals surface area contributed by atoms with E-state index < -0.39 is 0 Å². The van der Waals surface area contributed by atoms with Crippen molar-refractivity contribution in [1.29, 1.82) is 0 Å². The van der Waals surface area contributed by atoms with Gasteiger partial charge in [0.15, 0.2) is 0 Å². The molecule has 25 heavy (non-hydrogen) atoms. The average Bonchev–Trinajstić information content (AvgIpc) is 3.26. The fraction of sp³-hybridized carbons (Fsp3) is 0. The number of hydrogen-bond acceptors (Lipinski definition) is 5. The molecule has 5 rings (SSSR count). The Bertz CT molecular complexity index is 1220. The van der Waals surface area contributed by atoms with Gasteiger partial charge in [-0.1, -0.05) is 57.6 Å². The number of hydrogen-bond donors (Lipinski definition) is 2. The molecule has 0 amide bonds. The van der Waals surface area contributed by atoms with Gasteiger partial charge in [0, 0.05) is 20.9 Å². The van der Waals surface area contributed by atoms with Crippen LogP contribution in [0, 0.1) is 0 Å². The van der Waals surface area contributed by atoms with E-state index in [1.807, 2.05) is 30.3 Å². The Morgan fingerprint density at radius 2 is 1.92 bits per heavy atom. The minimum Gasteiger partial charge on any atom is -0.374 e. The van der Waals surface area contributed by atoms with E-state index in [2.05, 4.69) is 54.4 Å². The molecule has 0 bridgehead atoms. The minimum absolute atomic E-state index is 0.464. The second kappa shape index (κ2) is 5.40. The quantitative estimate of drug-likeness (QED) is 0.453. The number of H-pyrrole nitrogens is 1. The third-order valence-electron chi connectivity index (χ3n) is 4.05. The Morgan fingerprint density at radius 1 is 1.08 bits per heavy atom. The Balaban J connectivity index is 1.89. The number of anilines is 1. The van der Waals surface area contributed by atoms with Crippen LogP contribution in [0.15, 0.2) is 53.0 Å². The number of benzene rings is 2. The number of nitrogen functional groups attached to an aromatic ring is 1. The van der Waals surface area contributed by atoms with E-state index in [9.17, 15) is 0 Å². The largest absolute Gasteiger partial charge is 0.374 e. The predicted molar refractivity (Wildman–Crippen MR) is 104 cm³/mol. The smallest absolute Gasteiger partial charge is 0.236 e. The lowest BCUT2D eigenvalue weighted by molar-refractivity contribution is 0.967. The van der Waals surface area contributed by atoms with Gasteiger partial charge >= 0.3 is 0 Å². The van der Waals surface area contributed by atoms with Crippen LogP contribution in [0.25, 0.3) is 38.5 Å². The van der Waals surface area contributed by atoms with Gasteiger partial charge in [0.1, 0.15) is 0 Å². The summed E-state index contributed by atoms with van der Waals surface area (Å²) in [6, 6.07) is 16.4. The van der Waals surface area contributed by atoms with E-state index in [1.165, 1.54) is 11.3 Å². The second-order valence-corrected chi connectivity index (χ2v) is 7.49. The first-order chi connectivity index (χ1) is 12.2. The van der Waals surface area contributed by atoms with Gasteiger partial charge in [-0.15, -0.1) is 15.3 Å². The standard InChI is InChI=1S/C17H11BrN6S/c18-10-6-7-12-11(8-10)13(9-4-2-1-3-5-9)14(20-12)15-21-22-17-24(15)23-16(19)25-17/h1-8,20H,(H2,19,23). The van der Waals surface area contributed by atoms with Crippen molar-refractivity contribution < 1.29 is 0 Å². The van der Waals surface area contributed by atoms with Crippen molar-refractivity contribution in [3.05, 3.63) is 53.0 Å². The second-order valence-electron chi connectivity index (χ2n) is 5.59. The zero-order valence-corrected chi connectivity index (χ0v) is 15.2. The molecule has 0 saturated heterocycles. The van der Waals surface area contributed by atoms with Crippen LogP contribution >= 0.6 is 27.3 Å². The van der Waals surface area contributed by atoms with E-state index in [1.54, 1.807) is 4.52 Å². The van der Waals surface area contributed by atoms with Crippen molar-refractivity contribution in [2.45, 2.75) is 0 Å². The van der Waals surface area contributed by atoms with Crippen molar-refractivity contribution >= 4 is 48.3 Å². The third kappa shape index (κ3) is 2.25. The molecule has 0 fully saturated rings. The predicted octanol–water partition coefficient (Wildman–Crippen LogP) is 4.35. The summed E-state index contributed by atoms with van der Waals surface area (Å²) in [5.41, 5.74) is 9.89. The molecule has 0 aliphatic heterocycles. The average molecular weight is 411 g/mol. The highest BCUT2D eigenvalue weighted by Gasteiger charge is 2.21. The molecule has 2 aromatic carbocycles. The molecule has 0 spiro atoms. The van der Waals surface area contributed by atoms with Gasteiger partial charge in [-0.05, 0) is 23.8 Å². The highest BCUT2D eigenvalue weighted by molar-refractivity contribution is 9.10. The third-order valence-corrected chi connectivity index (χ3v) is 5.27. The first kappa shape index (κ1) is 14.6. The maximum Gasteiger partial charge on any atom is 0.236 e. The summed E-state index contributed by atoms with van der Waals surface area (Å²) < 4.78 is 2.71. The normalized spacial score (nSPS) is 11.6. The number of rotatable bonds is 2. The summed E-state index contributed by atoms with van der Waals surface area (Å²) in [5, 5.41) is 14.4. The van der Waals surface area contributed by atoms with Gasteiger partial charge < -0.3 is 10.7 Å². The van der Waals surface area contributed by atoms with Crippen LogP contribution in [0.1, 0.15) is 0 Å². The lowest BCUT2D eigenvalue weighted by Crippen LogP contribution is -1.94. The lowest BCUT2D eigenvalue weighted by Gasteiger charge is -2.03. The van der Waals surface area contributed by atoms with Crippen molar-refractivity contribution in [3.8, 4) is 22.6 Å². The van der Waals surface area contributed by atoms with E-state index >= 15 is 0 Å². The van der Waals surface area contributed by atoms with Gasteiger partial charge in [0.05, 0.1) is 5.69 Å². The molecule has 0 aliphatic rings. The minimum atomic E-state index is 0.464. The summed E-state index contributed by atoms with van der Waals surface area (Å²) >= 11 is 4.88. The maximum atomic E-state index is 5.83.